The highest BCUT2D eigenvalue weighted by Gasteiger charge is 2.18. The Hall–Kier alpha value is -0.980. The molecular formula is C39H57O3PS3. The molecule has 0 aliphatic heterocycles. The van der Waals surface area contributed by atoms with E-state index in [1.165, 1.54) is 48.1 Å². The van der Waals surface area contributed by atoms with Gasteiger partial charge in [0, 0.05) is 31.9 Å². The number of benzene rings is 3. The Kier molecular flexibility index (Phi) is 15.1. The topological polar surface area (TPSA) is 27.7 Å². The fourth-order valence-corrected chi connectivity index (χ4v) is 8.56. The number of aryl methyl sites for hydroxylation is 3. The molecule has 0 heterocycles. The summed E-state index contributed by atoms with van der Waals surface area (Å²) in [6.45, 7) is 28.7. The normalized spacial score (nSPS) is 12.7. The molecule has 3 nitrogen and oxygen atoms in total. The highest BCUT2D eigenvalue weighted by Crippen LogP contribution is 2.41. The van der Waals surface area contributed by atoms with Crippen molar-refractivity contribution in [2.45, 2.75) is 114 Å². The fourth-order valence-electron chi connectivity index (χ4n) is 4.74. The zero-order chi connectivity index (χ0) is 34.1. The minimum absolute atomic E-state index is 0.154. The molecule has 0 spiro atoms. The number of thioether (sulfide) groups is 3. The SMILES string of the molecule is Cc1cc(C(C)(C)C)ccc1SCCOP(OCCSc1ccc(C(C)(C)C)cc1C)OCCSc1ccc(C(C)(C)C)cc1C. The summed E-state index contributed by atoms with van der Waals surface area (Å²) in [4.78, 5) is 3.91. The fraction of sp³-hybridized carbons (Fsp3) is 0.538. The minimum Gasteiger partial charge on any atom is -0.311 e. The molecule has 3 aromatic carbocycles. The van der Waals surface area contributed by atoms with Gasteiger partial charge in [-0.05, 0) is 88.6 Å². The van der Waals surface area contributed by atoms with Crippen LogP contribution < -0.4 is 0 Å². The molecule has 0 N–H and O–H groups in total. The first-order valence-electron chi connectivity index (χ1n) is 16.4. The summed E-state index contributed by atoms with van der Waals surface area (Å²) < 4.78 is 18.7. The van der Waals surface area contributed by atoms with E-state index in [2.05, 4.69) is 138 Å². The molecule has 7 heteroatoms. The van der Waals surface area contributed by atoms with Gasteiger partial charge in [-0.2, -0.15) is 0 Å². The molecule has 0 saturated carbocycles. The van der Waals surface area contributed by atoms with Crippen LogP contribution in [0, 0.1) is 20.8 Å². The van der Waals surface area contributed by atoms with Gasteiger partial charge in [0.25, 0.3) is 0 Å². The Labute approximate surface area is 295 Å². The van der Waals surface area contributed by atoms with E-state index < -0.39 is 8.60 Å². The molecule has 0 unspecified atom stereocenters. The van der Waals surface area contributed by atoms with Crippen LogP contribution in [0.1, 0.15) is 95.7 Å². The molecule has 3 rings (SSSR count). The Bertz CT molecular complexity index is 1230. The smallest absolute Gasteiger partial charge is 0.311 e. The van der Waals surface area contributed by atoms with Crippen LogP contribution in [0.15, 0.2) is 69.3 Å². The molecule has 3 aromatic rings. The van der Waals surface area contributed by atoms with Crippen molar-refractivity contribution in [3.05, 3.63) is 88.0 Å². The summed E-state index contributed by atoms with van der Waals surface area (Å²) >= 11 is 5.50. The molecule has 0 bridgehead atoms. The predicted molar refractivity (Wildman–Crippen MR) is 207 cm³/mol. The maximum absolute atomic E-state index is 6.22. The Morgan fingerprint density at radius 1 is 0.457 bits per heavy atom. The average molecular weight is 701 g/mol. The van der Waals surface area contributed by atoms with Crippen LogP contribution in [0.3, 0.4) is 0 Å². The van der Waals surface area contributed by atoms with Gasteiger partial charge in [0.05, 0.1) is 19.8 Å². The Balaban J connectivity index is 1.53. The van der Waals surface area contributed by atoms with Crippen LogP contribution in [0.5, 0.6) is 0 Å². The predicted octanol–water partition coefficient (Wildman–Crippen LogP) is 12.5. The van der Waals surface area contributed by atoms with Crippen LogP contribution >= 0.6 is 43.9 Å². The number of hydrogen-bond acceptors (Lipinski definition) is 6. The zero-order valence-corrected chi connectivity index (χ0v) is 33.7. The summed E-state index contributed by atoms with van der Waals surface area (Å²) in [6.07, 6.45) is 0. The van der Waals surface area contributed by atoms with E-state index in [1.807, 2.05) is 35.3 Å². The molecule has 254 valence electrons. The van der Waals surface area contributed by atoms with Crippen LogP contribution in [0.25, 0.3) is 0 Å². The van der Waals surface area contributed by atoms with E-state index in [1.54, 1.807) is 0 Å². The van der Waals surface area contributed by atoms with Crippen molar-refractivity contribution in [3.63, 3.8) is 0 Å². The number of rotatable bonds is 15. The Morgan fingerprint density at radius 2 is 0.717 bits per heavy atom. The standard InChI is InChI=1S/C39H57O3PS3/c1-28-25-31(37(4,5)6)13-16-34(28)44-22-19-40-43(41-20-23-45-35-17-14-32(26-29(35)2)38(7,8)9)42-21-24-46-36-18-15-33(27-30(36)3)39(10,11)12/h13-18,25-27H,19-24H2,1-12H3. The molecule has 0 atom stereocenters. The van der Waals surface area contributed by atoms with Crippen LogP contribution in [-0.4, -0.2) is 37.1 Å². The first-order valence-corrected chi connectivity index (χ1v) is 20.4. The monoisotopic (exact) mass is 700 g/mol. The van der Waals surface area contributed by atoms with E-state index in [0.717, 1.165) is 17.3 Å². The largest absolute Gasteiger partial charge is 0.332 e. The lowest BCUT2D eigenvalue weighted by Gasteiger charge is -2.21. The summed E-state index contributed by atoms with van der Waals surface area (Å²) in [6, 6.07) is 20.4. The van der Waals surface area contributed by atoms with Gasteiger partial charge in [0.15, 0.2) is 0 Å². The van der Waals surface area contributed by atoms with Gasteiger partial charge in [0.2, 0.25) is 0 Å². The second-order valence-electron chi connectivity index (χ2n) is 15.0. The number of hydrogen-bond donors (Lipinski definition) is 0. The third-order valence-electron chi connectivity index (χ3n) is 7.74. The van der Waals surface area contributed by atoms with Crippen molar-refractivity contribution in [1.82, 2.24) is 0 Å². The van der Waals surface area contributed by atoms with E-state index in [0.29, 0.717) is 19.8 Å². The van der Waals surface area contributed by atoms with Gasteiger partial charge in [-0.25, -0.2) is 0 Å². The van der Waals surface area contributed by atoms with Crippen molar-refractivity contribution < 1.29 is 13.6 Å². The minimum atomic E-state index is -1.43. The lowest BCUT2D eigenvalue weighted by molar-refractivity contribution is 0.179. The van der Waals surface area contributed by atoms with E-state index in [9.17, 15) is 0 Å². The molecule has 0 radical (unpaired) electrons. The molecule has 0 saturated heterocycles. The first kappa shape index (κ1) is 39.5. The second kappa shape index (κ2) is 17.6. The van der Waals surface area contributed by atoms with Crippen molar-refractivity contribution >= 4 is 43.9 Å². The third kappa shape index (κ3) is 12.8. The van der Waals surface area contributed by atoms with Crippen molar-refractivity contribution in [2.24, 2.45) is 0 Å². The molecule has 0 aliphatic rings. The molecule has 0 fully saturated rings. The first-order chi connectivity index (χ1) is 21.4. The van der Waals surface area contributed by atoms with E-state index in [-0.39, 0.29) is 16.2 Å². The molecule has 0 amide bonds. The van der Waals surface area contributed by atoms with Crippen LogP contribution in [0.2, 0.25) is 0 Å². The lowest BCUT2D eigenvalue weighted by atomic mass is 9.86. The maximum atomic E-state index is 6.22. The highest BCUT2D eigenvalue weighted by molar-refractivity contribution is 7.99. The quantitative estimate of drug-likeness (QED) is 0.0890. The third-order valence-corrected chi connectivity index (χ3v) is 12.3. The molecule has 0 aromatic heterocycles. The molecule has 46 heavy (non-hydrogen) atoms. The van der Waals surface area contributed by atoms with E-state index in [4.69, 9.17) is 13.6 Å². The summed E-state index contributed by atoms with van der Waals surface area (Å²) in [5.74, 6) is 2.55. The van der Waals surface area contributed by atoms with Gasteiger partial charge < -0.3 is 13.6 Å². The Morgan fingerprint density at radius 3 is 0.935 bits per heavy atom. The maximum Gasteiger partial charge on any atom is 0.332 e. The van der Waals surface area contributed by atoms with Gasteiger partial charge in [-0.1, -0.05) is 98.7 Å². The molecular weight excluding hydrogens is 644 g/mol. The van der Waals surface area contributed by atoms with Gasteiger partial charge in [-0.15, -0.1) is 35.3 Å². The van der Waals surface area contributed by atoms with Crippen molar-refractivity contribution in [3.8, 4) is 0 Å². The van der Waals surface area contributed by atoms with Gasteiger partial charge >= 0.3 is 8.60 Å². The van der Waals surface area contributed by atoms with Gasteiger partial charge in [0.1, 0.15) is 0 Å². The lowest BCUT2D eigenvalue weighted by Crippen LogP contribution is -2.11. The zero-order valence-electron chi connectivity index (χ0n) is 30.3. The second-order valence-corrected chi connectivity index (χ2v) is 19.6. The van der Waals surface area contributed by atoms with Crippen molar-refractivity contribution in [2.75, 3.05) is 37.1 Å². The summed E-state index contributed by atoms with van der Waals surface area (Å²) in [5, 5.41) is 0. The summed E-state index contributed by atoms with van der Waals surface area (Å²) in [5.41, 5.74) is 8.52. The van der Waals surface area contributed by atoms with Crippen molar-refractivity contribution in [1.29, 1.82) is 0 Å². The van der Waals surface area contributed by atoms with E-state index >= 15 is 0 Å². The van der Waals surface area contributed by atoms with Crippen LogP contribution in [-0.2, 0) is 29.8 Å². The average Bonchev–Trinajstić information content (AvgIpc) is 2.95. The highest BCUT2D eigenvalue weighted by atomic mass is 32.2. The molecule has 0 aliphatic carbocycles. The summed E-state index contributed by atoms with van der Waals surface area (Å²) in [7, 11) is -1.43. The van der Waals surface area contributed by atoms with Crippen LogP contribution in [0.4, 0.5) is 0 Å². The van der Waals surface area contributed by atoms with Gasteiger partial charge in [-0.3, -0.25) is 0 Å².